The summed E-state index contributed by atoms with van der Waals surface area (Å²) in [5.74, 6) is -2.58. The second-order valence-corrected chi connectivity index (χ2v) is 3.03. The van der Waals surface area contributed by atoms with Gasteiger partial charge in [-0.2, -0.15) is 0 Å². The molecule has 0 saturated heterocycles. The summed E-state index contributed by atoms with van der Waals surface area (Å²) in [6.45, 7) is 1.36. The Hall–Kier alpha value is -1.13. The van der Waals surface area contributed by atoms with Crippen LogP contribution in [0.3, 0.4) is 0 Å². The van der Waals surface area contributed by atoms with Crippen LogP contribution < -0.4 is 0 Å². The molecule has 4 heteroatoms. The molecular weight excluding hydrogens is 160 g/mol. The summed E-state index contributed by atoms with van der Waals surface area (Å²) in [5, 5.41) is 27.5. The first-order chi connectivity index (χ1) is 5.41. The molecule has 1 unspecified atom stereocenters. The smallest absolute Gasteiger partial charge is 0.202 e. The molecule has 1 rings (SSSR count). The second-order valence-electron chi connectivity index (χ2n) is 3.03. The normalized spacial score (nSPS) is 32.8. The number of aldehydes is 1. The van der Waals surface area contributed by atoms with Crippen molar-refractivity contribution in [2.75, 3.05) is 0 Å². The number of carbonyl (C=O) groups excluding carboxylic acids is 1. The van der Waals surface area contributed by atoms with Gasteiger partial charge >= 0.3 is 0 Å². The SMILES string of the molecule is CC1(C=O)C=CC(O)=CC1(O)O. The molecule has 0 fully saturated rings. The van der Waals surface area contributed by atoms with Crippen LogP contribution in [0, 0.1) is 5.41 Å². The van der Waals surface area contributed by atoms with Crippen molar-refractivity contribution in [2.24, 2.45) is 5.41 Å². The van der Waals surface area contributed by atoms with Crippen molar-refractivity contribution in [1.82, 2.24) is 0 Å². The maximum atomic E-state index is 10.5. The molecule has 0 aliphatic heterocycles. The van der Waals surface area contributed by atoms with Crippen LogP contribution in [0.1, 0.15) is 6.92 Å². The third-order valence-electron chi connectivity index (χ3n) is 1.99. The molecule has 1 aliphatic rings. The van der Waals surface area contributed by atoms with E-state index in [4.69, 9.17) is 5.11 Å². The summed E-state index contributed by atoms with van der Waals surface area (Å²) in [6.07, 6.45) is 3.74. The Bertz CT molecular complexity index is 264. The van der Waals surface area contributed by atoms with Crippen LogP contribution >= 0.6 is 0 Å². The van der Waals surface area contributed by atoms with E-state index in [0.29, 0.717) is 6.29 Å². The lowest BCUT2D eigenvalue weighted by Gasteiger charge is -2.34. The van der Waals surface area contributed by atoms with Gasteiger partial charge in [-0.15, -0.1) is 0 Å². The van der Waals surface area contributed by atoms with Gasteiger partial charge in [0.1, 0.15) is 12.0 Å². The van der Waals surface area contributed by atoms with E-state index in [1.807, 2.05) is 0 Å². The highest BCUT2D eigenvalue weighted by Gasteiger charge is 2.44. The van der Waals surface area contributed by atoms with Gasteiger partial charge in [0.05, 0.1) is 5.41 Å². The highest BCUT2D eigenvalue weighted by Crippen LogP contribution is 2.34. The number of hydrogen-bond donors (Lipinski definition) is 3. The van der Waals surface area contributed by atoms with Crippen molar-refractivity contribution in [1.29, 1.82) is 0 Å². The van der Waals surface area contributed by atoms with E-state index >= 15 is 0 Å². The standard InChI is InChI=1S/C8H10O4/c1-7(5-9)3-2-6(10)4-8(7,11)12/h2-5,10-12H,1H3. The molecule has 0 aromatic rings. The molecule has 3 N–H and O–H groups in total. The van der Waals surface area contributed by atoms with Crippen LogP contribution in [0.5, 0.6) is 0 Å². The lowest BCUT2D eigenvalue weighted by atomic mass is 9.79. The molecule has 0 spiro atoms. The van der Waals surface area contributed by atoms with Gasteiger partial charge < -0.3 is 20.1 Å². The average Bonchev–Trinajstić information content (AvgIpc) is 1.97. The number of allylic oxidation sites excluding steroid dienone is 1. The third-order valence-corrected chi connectivity index (χ3v) is 1.99. The Morgan fingerprint density at radius 1 is 1.50 bits per heavy atom. The molecular formula is C8H10O4. The first-order valence-electron chi connectivity index (χ1n) is 3.43. The van der Waals surface area contributed by atoms with Crippen molar-refractivity contribution >= 4 is 6.29 Å². The molecule has 0 heterocycles. The van der Waals surface area contributed by atoms with Crippen molar-refractivity contribution < 1.29 is 20.1 Å². The zero-order chi connectivity index (χ0) is 9.41. The molecule has 1 aliphatic carbocycles. The van der Waals surface area contributed by atoms with Crippen LogP contribution in [0.4, 0.5) is 0 Å². The molecule has 1 atom stereocenters. The number of aliphatic hydroxyl groups excluding tert-OH is 1. The zero-order valence-corrected chi connectivity index (χ0v) is 6.56. The van der Waals surface area contributed by atoms with Crippen LogP contribution in [-0.4, -0.2) is 27.4 Å². The summed E-state index contributed by atoms with van der Waals surface area (Å²) in [6, 6.07) is 0. The highest BCUT2D eigenvalue weighted by molar-refractivity contribution is 5.66. The van der Waals surface area contributed by atoms with Crippen molar-refractivity contribution in [3.63, 3.8) is 0 Å². The molecule has 0 aromatic heterocycles. The van der Waals surface area contributed by atoms with Gasteiger partial charge in [-0.25, -0.2) is 0 Å². The summed E-state index contributed by atoms with van der Waals surface area (Å²) in [4.78, 5) is 10.5. The van der Waals surface area contributed by atoms with Gasteiger partial charge in [0.25, 0.3) is 0 Å². The number of carbonyl (C=O) groups is 1. The summed E-state index contributed by atoms with van der Waals surface area (Å²) in [5.41, 5.74) is -1.39. The summed E-state index contributed by atoms with van der Waals surface area (Å²) in [7, 11) is 0. The maximum Gasteiger partial charge on any atom is 0.202 e. The summed E-state index contributed by atoms with van der Waals surface area (Å²) >= 11 is 0. The van der Waals surface area contributed by atoms with Gasteiger partial charge in [0, 0.05) is 6.08 Å². The molecule has 0 amide bonds. The largest absolute Gasteiger partial charge is 0.508 e. The Labute approximate surface area is 69.5 Å². The van der Waals surface area contributed by atoms with Gasteiger partial charge in [-0.3, -0.25) is 0 Å². The monoisotopic (exact) mass is 170 g/mol. The number of hydrogen-bond acceptors (Lipinski definition) is 4. The van der Waals surface area contributed by atoms with E-state index in [0.717, 1.165) is 6.08 Å². The lowest BCUT2D eigenvalue weighted by molar-refractivity contribution is -0.183. The molecule has 0 saturated carbocycles. The molecule has 66 valence electrons. The van der Waals surface area contributed by atoms with Crippen molar-refractivity contribution in [2.45, 2.75) is 12.7 Å². The predicted octanol–water partition coefficient (Wildman–Crippen LogP) is -0.116. The number of aliphatic hydroxyl groups is 3. The van der Waals surface area contributed by atoms with Gasteiger partial charge in [-0.05, 0) is 13.0 Å². The minimum Gasteiger partial charge on any atom is -0.508 e. The fourth-order valence-electron chi connectivity index (χ4n) is 0.917. The van der Waals surface area contributed by atoms with Gasteiger partial charge in [0.15, 0.2) is 0 Å². The Balaban J connectivity index is 3.12. The van der Waals surface area contributed by atoms with Crippen LogP contribution in [-0.2, 0) is 4.79 Å². The Morgan fingerprint density at radius 3 is 2.50 bits per heavy atom. The fourth-order valence-corrected chi connectivity index (χ4v) is 0.917. The first kappa shape index (κ1) is 8.96. The average molecular weight is 170 g/mol. The van der Waals surface area contributed by atoms with E-state index < -0.39 is 11.2 Å². The van der Waals surface area contributed by atoms with E-state index in [1.165, 1.54) is 19.1 Å². The zero-order valence-electron chi connectivity index (χ0n) is 6.56. The maximum absolute atomic E-state index is 10.5. The second kappa shape index (κ2) is 2.43. The molecule has 0 aromatic carbocycles. The third kappa shape index (κ3) is 1.15. The number of rotatable bonds is 1. The Kier molecular flexibility index (Phi) is 1.82. The van der Waals surface area contributed by atoms with Crippen LogP contribution in [0.15, 0.2) is 24.0 Å². The lowest BCUT2D eigenvalue weighted by Crippen LogP contribution is -2.46. The van der Waals surface area contributed by atoms with E-state index in [1.54, 1.807) is 0 Å². The van der Waals surface area contributed by atoms with E-state index in [9.17, 15) is 15.0 Å². The fraction of sp³-hybridized carbons (Fsp3) is 0.375. The van der Waals surface area contributed by atoms with Crippen molar-refractivity contribution in [3.8, 4) is 0 Å². The predicted molar refractivity (Wildman–Crippen MR) is 41.2 cm³/mol. The first-order valence-corrected chi connectivity index (χ1v) is 3.43. The van der Waals surface area contributed by atoms with Gasteiger partial charge in [-0.1, -0.05) is 6.08 Å². The van der Waals surface area contributed by atoms with Crippen molar-refractivity contribution in [3.05, 3.63) is 24.0 Å². The Morgan fingerprint density at radius 2 is 2.08 bits per heavy atom. The molecule has 0 radical (unpaired) electrons. The van der Waals surface area contributed by atoms with Crippen LogP contribution in [0.25, 0.3) is 0 Å². The topological polar surface area (TPSA) is 77.8 Å². The molecule has 0 bridgehead atoms. The molecule has 4 nitrogen and oxygen atoms in total. The van der Waals surface area contributed by atoms with Gasteiger partial charge in [0.2, 0.25) is 5.79 Å². The van der Waals surface area contributed by atoms with Crippen LogP contribution in [0.2, 0.25) is 0 Å². The quantitative estimate of drug-likeness (QED) is 0.379. The highest BCUT2D eigenvalue weighted by atomic mass is 16.5. The minimum atomic E-state index is -2.31. The molecule has 12 heavy (non-hydrogen) atoms. The van der Waals surface area contributed by atoms with E-state index in [-0.39, 0.29) is 5.76 Å². The minimum absolute atomic E-state index is 0.265. The summed E-state index contributed by atoms with van der Waals surface area (Å²) < 4.78 is 0. The van der Waals surface area contributed by atoms with E-state index in [2.05, 4.69) is 0 Å².